The van der Waals surface area contributed by atoms with E-state index in [0.717, 1.165) is 0 Å². The number of carbonyl (C=O) groups excluding carboxylic acids is 2. The number of halogens is 1. The van der Waals surface area contributed by atoms with Crippen molar-refractivity contribution >= 4 is 45.3 Å². The van der Waals surface area contributed by atoms with Crippen LogP contribution in [0.4, 0.5) is 11.4 Å². The number of hydrogen-bond acceptors (Lipinski definition) is 6. The molecule has 3 aromatic carbocycles. The molecular formula is C23H14BrN3O5. The number of nitriles is 1. The fourth-order valence-electron chi connectivity index (χ4n) is 2.66. The molecule has 158 valence electrons. The van der Waals surface area contributed by atoms with E-state index in [1.165, 1.54) is 36.4 Å². The van der Waals surface area contributed by atoms with Gasteiger partial charge in [0.1, 0.15) is 17.4 Å². The number of esters is 1. The number of nitro benzene ring substituents is 1. The zero-order chi connectivity index (χ0) is 23.1. The molecule has 0 spiro atoms. The highest BCUT2D eigenvalue weighted by molar-refractivity contribution is 9.10. The Labute approximate surface area is 191 Å². The van der Waals surface area contributed by atoms with E-state index in [9.17, 15) is 25.0 Å². The fraction of sp³-hybridized carbons (Fsp3) is 0. The number of nitrogens with one attached hydrogen (secondary N) is 1. The Balaban J connectivity index is 1.88. The second kappa shape index (κ2) is 10.1. The van der Waals surface area contributed by atoms with Gasteiger partial charge in [-0.1, -0.05) is 40.2 Å². The number of benzene rings is 3. The van der Waals surface area contributed by atoms with Gasteiger partial charge in [-0.3, -0.25) is 14.9 Å². The minimum Gasteiger partial charge on any atom is -0.422 e. The molecule has 0 unspecified atom stereocenters. The molecule has 0 fully saturated rings. The van der Waals surface area contributed by atoms with Crippen molar-refractivity contribution in [1.29, 1.82) is 5.26 Å². The predicted molar refractivity (Wildman–Crippen MR) is 121 cm³/mol. The normalized spacial score (nSPS) is 10.7. The van der Waals surface area contributed by atoms with Gasteiger partial charge in [-0.15, -0.1) is 0 Å². The number of nitrogens with zero attached hydrogens (tertiary/aromatic N) is 2. The molecule has 0 aliphatic carbocycles. The van der Waals surface area contributed by atoms with Crippen molar-refractivity contribution in [3.8, 4) is 11.8 Å². The van der Waals surface area contributed by atoms with E-state index in [1.807, 2.05) is 0 Å². The van der Waals surface area contributed by atoms with Crippen LogP contribution in [0.15, 0.2) is 82.8 Å². The van der Waals surface area contributed by atoms with Crippen LogP contribution in [0.1, 0.15) is 15.9 Å². The summed E-state index contributed by atoms with van der Waals surface area (Å²) in [5.74, 6) is -1.21. The van der Waals surface area contributed by atoms with Gasteiger partial charge < -0.3 is 10.1 Å². The number of non-ortho nitro benzene ring substituents is 1. The average Bonchev–Trinajstić information content (AvgIpc) is 2.79. The lowest BCUT2D eigenvalue weighted by molar-refractivity contribution is -0.384. The van der Waals surface area contributed by atoms with Crippen molar-refractivity contribution in [1.82, 2.24) is 0 Å². The summed E-state index contributed by atoms with van der Waals surface area (Å²) in [5, 5.41) is 22.9. The first-order valence-corrected chi connectivity index (χ1v) is 9.91. The third-order valence-corrected chi connectivity index (χ3v) is 4.66. The summed E-state index contributed by atoms with van der Waals surface area (Å²) < 4.78 is 6.09. The standard InChI is InChI=1S/C23H14BrN3O5/c24-18-9-10-21(32-23(29)15-5-2-1-3-6-15)16(12-18)11-17(14-25)22(28)26-19-7-4-8-20(13-19)27(30)31/h1-13H,(H,26,28)/b17-11+. The van der Waals surface area contributed by atoms with E-state index in [4.69, 9.17) is 4.74 Å². The summed E-state index contributed by atoms with van der Waals surface area (Å²) in [4.78, 5) is 35.3. The third-order valence-electron chi connectivity index (χ3n) is 4.16. The van der Waals surface area contributed by atoms with Crippen molar-refractivity contribution in [2.24, 2.45) is 0 Å². The predicted octanol–water partition coefficient (Wildman–Crippen LogP) is 5.12. The van der Waals surface area contributed by atoms with E-state index < -0.39 is 16.8 Å². The highest BCUT2D eigenvalue weighted by Gasteiger charge is 2.15. The van der Waals surface area contributed by atoms with Crippen LogP contribution in [0.5, 0.6) is 5.75 Å². The topological polar surface area (TPSA) is 122 Å². The first-order chi connectivity index (χ1) is 15.4. The van der Waals surface area contributed by atoms with E-state index in [2.05, 4.69) is 21.2 Å². The zero-order valence-corrected chi connectivity index (χ0v) is 17.9. The number of anilines is 1. The fourth-order valence-corrected chi connectivity index (χ4v) is 3.04. The molecule has 0 saturated carbocycles. The zero-order valence-electron chi connectivity index (χ0n) is 16.3. The first-order valence-electron chi connectivity index (χ1n) is 9.12. The van der Waals surface area contributed by atoms with E-state index in [0.29, 0.717) is 15.6 Å². The van der Waals surface area contributed by atoms with Crippen LogP contribution in [0.3, 0.4) is 0 Å². The lowest BCUT2D eigenvalue weighted by Crippen LogP contribution is -2.14. The molecule has 0 bridgehead atoms. The molecule has 1 amide bonds. The highest BCUT2D eigenvalue weighted by atomic mass is 79.9. The molecular weight excluding hydrogens is 478 g/mol. The molecule has 3 aromatic rings. The lowest BCUT2D eigenvalue weighted by atomic mass is 10.1. The van der Waals surface area contributed by atoms with Crippen LogP contribution in [-0.4, -0.2) is 16.8 Å². The molecule has 0 atom stereocenters. The van der Waals surface area contributed by atoms with E-state index in [-0.39, 0.29) is 22.7 Å². The summed E-state index contributed by atoms with van der Waals surface area (Å²) in [7, 11) is 0. The Morgan fingerprint density at radius 1 is 1.06 bits per heavy atom. The molecule has 0 aliphatic rings. The van der Waals surface area contributed by atoms with Crippen molar-refractivity contribution in [2.45, 2.75) is 0 Å². The molecule has 3 rings (SSSR count). The van der Waals surface area contributed by atoms with Crippen LogP contribution in [0.2, 0.25) is 0 Å². The number of carbonyl (C=O) groups is 2. The van der Waals surface area contributed by atoms with Gasteiger partial charge in [0.2, 0.25) is 0 Å². The number of nitro groups is 1. The quantitative estimate of drug-likeness (QED) is 0.127. The van der Waals surface area contributed by atoms with Crippen LogP contribution < -0.4 is 10.1 Å². The van der Waals surface area contributed by atoms with E-state index in [1.54, 1.807) is 48.5 Å². The Kier molecular flexibility index (Phi) is 7.10. The monoisotopic (exact) mass is 491 g/mol. The second-order valence-electron chi connectivity index (χ2n) is 6.37. The van der Waals surface area contributed by atoms with Gasteiger partial charge >= 0.3 is 5.97 Å². The molecule has 32 heavy (non-hydrogen) atoms. The van der Waals surface area contributed by atoms with Crippen molar-refractivity contribution in [2.75, 3.05) is 5.32 Å². The Morgan fingerprint density at radius 2 is 1.81 bits per heavy atom. The van der Waals surface area contributed by atoms with Gasteiger partial charge in [-0.05, 0) is 42.5 Å². The number of ether oxygens (including phenoxy) is 1. The Morgan fingerprint density at radius 3 is 2.50 bits per heavy atom. The highest BCUT2D eigenvalue weighted by Crippen LogP contribution is 2.27. The van der Waals surface area contributed by atoms with E-state index >= 15 is 0 Å². The van der Waals surface area contributed by atoms with Crippen LogP contribution >= 0.6 is 15.9 Å². The maximum absolute atomic E-state index is 12.6. The summed E-state index contributed by atoms with van der Waals surface area (Å²) in [6.07, 6.45) is 1.27. The van der Waals surface area contributed by atoms with Crippen molar-refractivity contribution < 1.29 is 19.2 Å². The average molecular weight is 492 g/mol. The molecule has 0 radical (unpaired) electrons. The number of rotatable bonds is 6. The minimum absolute atomic E-state index is 0.151. The smallest absolute Gasteiger partial charge is 0.343 e. The van der Waals surface area contributed by atoms with Crippen molar-refractivity contribution in [3.63, 3.8) is 0 Å². The lowest BCUT2D eigenvalue weighted by Gasteiger charge is -2.09. The molecule has 9 heteroatoms. The van der Waals surface area contributed by atoms with Gasteiger partial charge in [0, 0.05) is 27.9 Å². The molecule has 0 aliphatic heterocycles. The summed E-state index contributed by atoms with van der Waals surface area (Å²) >= 11 is 3.31. The molecule has 0 aromatic heterocycles. The first kappa shape index (κ1) is 22.4. The van der Waals surface area contributed by atoms with Gasteiger partial charge in [0.15, 0.2) is 0 Å². The van der Waals surface area contributed by atoms with Crippen LogP contribution in [-0.2, 0) is 4.79 Å². The Bertz CT molecular complexity index is 1270. The SMILES string of the molecule is N#C/C(=C\c1cc(Br)ccc1OC(=O)c1ccccc1)C(=O)Nc1cccc([N+](=O)[O-])c1. The summed E-state index contributed by atoms with van der Waals surface area (Å²) in [6, 6.07) is 20.3. The van der Waals surface area contributed by atoms with Gasteiger partial charge in [0.05, 0.1) is 10.5 Å². The maximum atomic E-state index is 12.6. The maximum Gasteiger partial charge on any atom is 0.343 e. The Hall–Kier alpha value is -4.29. The molecule has 1 N–H and O–H groups in total. The van der Waals surface area contributed by atoms with Gasteiger partial charge in [-0.25, -0.2) is 4.79 Å². The number of hydrogen-bond donors (Lipinski definition) is 1. The summed E-state index contributed by atoms with van der Waals surface area (Å²) in [6.45, 7) is 0. The van der Waals surface area contributed by atoms with Crippen LogP contribution in [0, 0.1) is 21.4 Å². The van der Waals surface area contributed by atoms with Gasteiger partial charge in [-0.2, -0.15) is 5.26 Å². The summed E-state index contributed by atoms with van der Waals surface area (Å²) in [5.41, 5.74) is 0.331. The minimum atomic E-state index is -0.770. The van der Waals surface area contributed by atoms with Crippen LogP contribution in [0.25, 0.3) is 6.08 Å². The molecule has 0 heterocycles. The van der Waals surface area contributed by atoms with Gasteiger partial charge in [0.25, 0.3) is 11.6 Å². The largest absolute Gasteiger partial charge is 0.422 e. The molecule has 0 saturated heterocycles. The van der Waals surface area contributed by atoms with Crippen molar-refractivity contribution in [3.05, 3.63) is 104 Å². The molecule has 8 nitrogen and oxygen atoms in total. The number of amides is 1. The second-order valence-corrected chi connectivity index (χ2v) is 7.28. The third kappa shape index (κ3) is 5.65.